The molecule has 0 aliphatic heterocycles. The molecule has 1 aromatic heterocycles. The minimum absolute atomic E-state index is 0.425. The van der Waals surface area contributed by atoms with Gasteiger partial charge in [0.25, 0.3) is 0 Å². The summed E-state index contributed by atoms with van der Waals surface area (Å²) in [6, 6.07) is 18.3. The number of aliphatic hydroxyl groups is 1. The highest BCUT2D eigenvalue weighted by Gasteiger charge is 2.11. The molecule has 0 aliphatic rings. The lowest BCUT2D eigenvalue weighted by Crippen LogP contribution is -2.31. The summed E-state index contributed by atoms with van der Waals surface area (Å²) in [5.41, 5.74) is 3.28. The number of imidazole rings is 1. The Kier molecular flexibility index (Phi) is 4.51. The van der Waals surface area contributed by atoms with Crippen molar-refractivity contribution in [2.45, 2.75) is 19.2 Å². The largest absolute Gasteiger partial charge is 0.390 e. The van der Waals surface area contributed by atoms with Crippen LogP contribution in [0.2, 0.25) is 0 Å². The van der Waals surface area contributed by atoms with E-state index in [1.807, 2.05) is 54.1 Å². The van der Waals surface area contributed by atoms with Gasteiger partial charge in [0.15, 0.2) is 0 Å². The van der Waals surface area contributed by atoms with E-state index in [4.69, 9.17) is 0 Å². The van der Waals surface area contributed by atoms with Crippen LogP contribution in [0.4, 0.5) is 0 Å². The molecule has 0 amide bonds. The van der Waals surface area contributed by atoms with Crippen molar-refractivity contribution in [2.24, 2.45) is 0 Å². The van der Waals surface area contributed by atoms with E-state index >= 15 is 0 Å². The molecule has 0 saturated heterocycles. The number of fused-ring (bicyclic) bond motifs is 1. The molecule has 4 heteroatoms. The number of hydrogen-bond donors (Lipinski definition) is 1. The summed E-state index contributed by atoms with van der Waals surface area (Å²) in [4.78, 5) is 6.49. The maximum atomic E-state index is 10.3. The third kappa shape index (κ3) is 3.53. The highest BCUT2D eigenvalue weighted by atomic mass is 16.3. The summed E-state index contributed by atoms with van der Waals surface area (Å²) in [5.74, 6) is 0. The molecule has 4 nitrogen and oxygen atoms in total. The zero-order valence-corrected chi connectivity index (χ0v) is 12.8. The number of para-hydroxylation sites is 2. The number of benzene rings is 2. The average molecular weight is 295 g/mol. The number of aromatic nitrogens is 2. The van der Waals surface area contributed by atoms with Gasteiger partial charge in [0.1, 0.15) is 0 Å². The van der Waals surface area contributed by atoms with Gasteiger partial charge in [-0.15, -0.1) is 0 Å². The Labute approximate surface area is 130 Å². The van der Waals surface area contributed by atoms with Crippen LogP contribution in [-0.4, -0.2) is 39.3 Å². The van der Waals surface area contributed by atoms with Crippen molar-refractivity contribution in [1.82, 2.24) is 14.5 Å². The summed E-state index contributed by atoms with van der Waals surface area (Å²) < 4.78 is 2.01. The van der Waals surface area contributed by atoms with Gasteiger partial charge in [-0.1, -0.05) is 42.5 Å². The summed E-state index contributed by atoms with van der Waals surface area (Å²) in [7, 11) is 2.03. The summed E-state index contributed by atoms with van der Waals surface area (Å²) in [6.45, 7) is 2.02. The maximum absolute atomic E-state index is 10.3. The molecule has 1 N–H and O–H groups in total. The fourth-order valence-corrected chi connectivity index (χ4v) is 2.76. The first-order valence-corrected chi connectivity index (χ1v) is 7.53. The second-order valence-electron chi connectivity index (χ2n) is 5.72. The first-order chi connectivity index (χ1) is 10.7. The van der Waals surface area contributed by atoms with Crippen LogP contribution in [0.15, 0.2) is 60.9 Å². The Morgan fingerprint density at radius 2 is 1.82 bits per heavy atom. The van der Waals surface area contributed by atoms with E-state index in [9.17, 15) is 5.11 Å². The summed E-state index contributed by atoms with van der Waals surface area (Å²) in [6.07, 6.45) is 1.37. The Bertz CT molecular complexity index is 723. The van der Waals surface area contributed by atoms with Gasteiger partial charge in [0.2, 0.25) is 0 Å². The number of nitrogens with zero attached hydrogens (tertiary/aromatic N) is 3. The van der Waals surface area contributed by atoms with Crippen molar-refractivity contribution in [3.63, 3.8) is 0 Å². The summed E-state index contributed by atoms with van der Waals surface area (Å²) in [5, 5.41) is 10.3. The molecule has 1 atom stereocenters. The molecule has 1 heterocycles. The van der Waals surface area contributed by atoms with E-state index in [-0.39, 0.29) is 0 Å². The van der Waals surface area contributed by atoms with Crippen molar-refractivity contribution in [2.75, 3.05) is 13.6 Å². The SMILES string of the molecule is CN(Cc1ccccc1)CC(O)Cn1cnc2ccccc21. The monoisotopic (exact) mass is 295 g/mol. The predicted molar refractivity (Wildman–Crippen MR) is 88.5 cm³/mol. The molecule has 3 rings (SSSR count). The van der Waals surface area contributed by atoms with Gasteiger partial charge in [-0.2, -0.15) is 0 Å². The van der Waals surface area contributed by atoms with Gasteiger partial charge in [-0.25, -0.2) is 4.98 Å². The molecule has 3 aromatic rings. The van der Waals surface area contributed by atoms with Gasteiger partial charge >= 0.3 is 0 Å². The molecular formula is C18H21N3O. The van der Waals surface area contributed by atoms with Crippen LogP contribution in [0.25, 0.3) is 11.0 Å². The van der Waals surface area contributed by atoms with Crippen molar-refractivity contribution >= 4 is 11.0 Å². The standard InChI is InChI=1S/C18H21N3O/c1-20(11-15-7-3-2-4-8-15)12-16(22)13-21-14-19-17-9-5-6-10-18(17)21/h2-10,14,16,22H,11-13H2,1H3. The Morgan fingerprint density at radius 3 is 2.64 bits per heavy atom. The van der Waals surface area contributed by atoms with Gasteiger partial charge in [-0.05, 0) is 24.7 Å². The first-order valence-electron chi connectivity index (χ1n) is 7.53. The van der Waals surface area contributed by atoms with Crippen LogP contribution in [0.3, 0.4) is 0 Å². The molecule has 0 radical (unpaired) electrons. The molecule has 22 heavy (non-hydrogen) atoms. The van der Waals surface area contributed by atoms with Crippen LogP contribution < -0.4 is 0 Å². The molecule has 0 spiro atoms. The Balaban J connectivity index is 1.59. The molecule has 0 fully saturated rings. The van der Waals surface area contributed by atoms with Gasteiger partial charge in [-0.3, -0.25) is 4.90 Å². The Morgan fingerprint density at radius 1 is 1.09 bits per heavy atom. The quantitative estimate of drug-likeness (QED) is 0.760. The fraction of sp³-hybridized carbons (Fsp3) is 0.278. The minimum Gasteiger partial charge on any atom is -0.390 e. The van der Waals surface area contributed by atoms with Crippen LogP contribution in [0, 0.1) is 0 Å². The lowest BCUT2D eigenvalue weighted by molar-refractivity contribution is 0.108. The smallest absolute Gasteiger partial charge is 0.0959 e. The highest BCUT2D eigenvalue weighted by molar-refractivity contribution is 5.74. The van der Waals surface area contributed by atoms with Crippen LogP contribution >= 0.6 is 0 Å². The average Bonchev–Trinajstić information content (AvgIpc) is 2.91. The third-order valence-corrected chi connectivity index (χ3v) is 3.75. The lowest BCUT2D eigenvalue weighted by atomic mass is 10.2. The van der Waals surface area contributed by atoms with Crippen molar-refractivity contribution < 1.29 is 5.11 Å². The van der Waals surface area contributed by atoms with Crippen molar-refractivity contribution in [3.05, 3.63) is 66.5 Å². The maximum Gasteiger partial charge on any atom is 0.0959 e. The van der Waals surface area contributed by atoms with E-state index in [1.165, 1.54) is 5.56 Å². The molecule has 114 valence electrons. The molecule has 1 unspecified atom stereocenters. The van der Waals surface area contributed by atoms with E-state index in [0.29, 0.717) is 13.1 Å². The van der Waals surface area contributed by atoms with E-state index in [1.54, 1.807) is 6.33 Å². The fourth-order valence-electron chi connectivity index (χ4n) is 2.76. The van der Waals surface area contributed by atoms with Crippen LogP contribution in [0.5, 0.6) is 0 Å². The van der Waals surface area contributed by atoms with Gasteiger partial charge in [0, 0.05) is 13.1 Å². The second kappa shape index (κ2) is 6.73. The number of aliphatic hydroxyl groups excluding tert-OH is 1. The number of rotatable bonds is 6. The van der Waals surface area contributed by atoms with E-state index in [0.717, 1.165) is 17.6 Å². The van der Waals surface area contributed by atoms with Crippen LogP contribution in [-0.2, 0) is 13.1 Å². The van der Waals surface area contributed by atoms with E-state index < -0.39 is 6.10 Å². The minimum atomic E-state index is -0.425. The lowest BCUT2D eigenvalue weighted by Gasteiger charge is -2.21. The topological polar surface area (TPSA) is 41.3 Å². The summed E-state index contributed by atoms with van der Waals surface area (Å²) >= 11 is 0. The van der Waals surface area contributed by atoms with Crippen molar-refractivity contribution in [1.29, 1.82) is 0 Å². The molecule has 0 bridgehead atoms. The first kappa shape index (κ1) is 14.8. The molecule has 2 aromatic carbocycles. The third-order valence-electron chi connectivity index (χ3n) is 3.75. The van der Waals surface area contributed by atoms with Gasteiger partial charge < -0.3 is 9.67 Å². The second-order valence-corrected chi connectivity index (χ2v) is 5.72. The van der Waals surface area contributed by atoms with Gasteiger partial charge in [0.05, 0.1) is 30.0 Å². The zero-order valence-electron chi connectivity index (χ0n) is 12.8. The number of likely N-dealkylation sites (N-methyl/N-ethyl adjacent to an activating group) is 1. The number of hydrogen-bond acceptors (Lipinski definition) is 3. The zero-order chi connectivity index (χ0) is 15.4. The highest BCUT2D eigenvalue weighted by Crippen LogP contribution is 2.12. The molecular weight excluding hydrogens is 274 g/mol. The molecule has 0 aliphatic carbocycles. The van der Waals surface area contributed by atoms with E-state index in [2.05, 4.69) is 22.0 Å². The normalized spacial score (nSPS) is 12.9. The predicted octanol–water partition coefficient (Wildman–Crippen LogP) is 2.53. The Hall–Kier alpha value is -2.17. The molecule has 0 saturated carbocycles. The van der Waals surface area contributed by atoms with Crippen LogP contribution in [0.1, 0.15) is 5.56 Å². The van der Waals surface area contributed by atoms with Crippen molar-refractivity contribution in [3.8, 4) is 0 Å².